The van der Waals surface area contributed by atoms with Gasteiger partial charge in [0.1, 0.15) is 5.75 Å². The number of nitro groups is 1. The topological polar surface area (TPSA) is 81.5 Å². The number of amides is 1. The molecule has 0 fully saturated rings. The van der Waals surface area contributed by atoms with Crippen LogP contribution in [-0.2, 0) is 11.2 Å². The molecule has 0 aliphatic heterocycles. The van der Waals surface area contributed by atoms with Gasteiger partial charge in [-0.15, -0.1) is 0 Å². The smallest absolute Gasteiger partial charge is 0.271 e. The number of ether oxygens (including phenoxy) is 1. The fourth-order valence-electron chi connectivity index (χ4n) is 2.08. The van der Waals surface area contributed by atoms with Crippen molar-refractivity contribution in [2.75, 3.05) is 12.4 Å². The highest BCUT2D eigenvalue weighted by atomic mass is 35.5. The second-order valence-corrected chi connectivity index (χ2v) is 5.17. The molecule has 0 spiro atoms. The molecule has 2 aromatic carbocycles. The van der Waals surface area contributed by atoms with Crippen molar-refractivity contribution in [1.29, 1.82) is 0 Å². The molecule has 7 heteroatoms. The van der Waals surface area contributed by atoms with Crippen LogP contribution in [0.1, 0.15) is 12.0 Å². The minimum Gasteiger partial charge on any atom is -0.495 e. The van der Waals surface area contributed by atoms with Gasteiger partial charge < -0.3 is 10.1 Å². The summed E-state index contributed by atoms with van der Waals surface area (Å²) in [4.78, 5) is 22.2. The van der Waals surface area contributed by atoms with E-state index >= 15 is 0 Å². The Kier molecular flexibility index (Phi) is 5.54. The first-order valence-corrected chi connectivity index (χ1v) is 7.24. The lowest BCUT2D eigenvalue weighted by Gasteiger charge is -2.09. The van der Waals surface area contributed by atoms with E-state index in [2.05, 4.69) is 5.32 Å². The third kappa shape index (κ3) is 4.43. The zero-order chi connectivity index (χ0) is 16.8. The van der Waals surface area contributed by atoms with Gasteiger partial charge in [-0.05, 0) is 24.1 Å². The number of aryl methyl sites for hydroxylation is 1. The summed E-state index contributed by atoms with van der Waals surface area (Å²) in [5.41, 5.74) is 1.12. The Hall–Kier alpha value is -2.60. The van der Waals surface area contributed by atoms with Crippen LogP contribution in [0.25, 0.3) is 0 Å². The van der Waals surface area contributed by atoms with Gasteiger partial charge in [0.15, 0.2) is 0 Å². The third-order valence-electron chi connectivity index (χ3n) is 3.23. The van der Waals surface area contributed by atoms with E-state index in [4.69, 9.17) is 16.3 Å². The van der Waals surface area contributed by atoms with Crippen molar-refractivity contribution < 1.29 is 14.5 Å². The van der Waals surface area contributed by atoms with E-state index in [-0.39, 0.29) is 18.0 Å². The number of hydrogen-bond acceptors (Lipinski definition) is 4. The van der Waals surface area contributed by atoms with Crippen LogP contribution in [0.2, 0.25) is 5.02 Å². The zero-order valence-electron chi connectivity index (χ0n) is 12.4. The number of nitrogens with zero attached hydrogens (tertiary/aromatic N) is 1. The van der Waals surface area contributed by atoms with Crippen LogP contribution < -0.4 is 10.1 Å². The predicted octanol–water partition coefficient (Wildman–Crippen LogP) is 3.83. The van der Waals surface area contributed by atoms with Crippen LogP contribution in [0.4, 0.5) is 11.4 Å². The Morgan fingerprint density at radius 1 is 1.30 bits per heavy atom. The van der Waals surface area contributed by atoms with Gasteiger partial charge in [-0.1, -0.05) is 29.8 Å². The molecule has 0 radical (unpaired) electrons. The van der Waals surface area contributed by atoms with Crippen LogP contribution in [0.3, 0.4) is 0 Å². The highest BCUT2D eigenvalue weighted by molar-refractivity contribution is 6.32. The molecular formula is C16H15ClN2O4. The number of halogens is 1. The first-order valence-electron chi connectivity index (χ1n) is 6.87. The van der Waals surface area contributed by atoms with E-state index in [1.54, 1.807) is 18.2 Å². The summed E-state index contributed by atoms with van der Waals surface area (Å²) < 4.78 is 5.13. The van der Waals surface area contributed by atoms with Crippen molar-refractivity contribution in [1.82, 2.24) is 0 Å². The Balaban J connectivity index is 1.98. The van der Waals surface area contributed by atoms with Gasteiger partial charge in [-0.3, -0.25) is 14.9 Å². The van der Waals surface area contributed by atoms with E-state index in [1.165, 1.54) is 25.3 Å². The summed E-state index contributed by atoms with van der Waals surface area (Å²) in [5, 5.41) is 13.8. The quantitative estimate of drug-likeness (QED) is 0.643. The van der Waals surface area contributed by atoms with Crippen molar-refractivity contribution in [3.63, 3.8) is 0 Å². The molecular weight excluding hydrogens is 320 g/mol. The number of nitrogens with one attached hydrogen (secondary N) is 1. The van der Waals surface area contributed by atoms with Gasteiger partial charge in [0.05, 0.1) is 17.1 Å². The Bertz CT molecular complexity index is 734. The Morgan fingerprint density at radius 3 is 2.74 bits per heavy atom. The van der Waals surface area contributed by atoms with Crippen LogP contribution >= 0.6 is 11.6 Å². The average molecular weight is 335 g/mol. The number of carbonyl (C=O) groups excluding carboxylic acids is 1. The van der Waals surface area contributed by atoms with Crippen LogP contribution in [0, 0.1) is 10.1 Å². The molecule has 1 N–H and O–H groups in total. The van der Waals surface area contributed by atoms with Crippen molar-refractivity contribution in [3.8, 4) is 5.75 Å². The molecule has 0 saturated heterocycles. The molecule has 2 aromatic rings. The fraction of sp³-hybridized carbons (Fsp3) is 0.188. The number of rotatable bonds is 6. The predicted molar refractivity (Wildman–Crippen MR) is 88.1 cm³/mol. The average Bonchev–Trinajstić information content (AvgIpc) is 2.54. The van der Waals surface area contributed by atoms with Gasteiger partial charge in [0, 0.05) is 24.2 Å². The summed E-state index contributed by atoms with van der Waals surface area (Å²) in [5.74, 6) is 0.313. The van der Waals surface area contributed by atoms with E-state index in [1.807, 2.05) is 6.07 Å². The third-order valence-corrected chi connectivity index (χ3v) is 3.65. The van der Waals surface area contributed by atoms with E-state index < -0.39 is 4.92 Å². The fourth-order valence-corrected chi connectivity index (χ4v) is 2.37. The molecule has 23 heavy (non-hydrogen) atoms. The molecule has 0 aliphatic carbocycles. The highest BCUT2D eigenvalue weighted by Crippen LogP contribution is 2.28. The molecule has 6 nitrogen and oxygen atoms in total. The first-order chi connectivity index (χ1) is 11.0. The van der Waals surface area contributed by atoms with Crippen LogP contribution in [0.15, 0.2) is 42.5 Å². The molecule has 0 atom stereocenters. The SMILES string of the molecule is COc1cccc(CCC(=O)Nc2cccc([N+](=O)[O-])c2)c1Cl. The standard InChI is InChI=1S/C16H15ClN2O4/c1-23-14-7-2-4-11(16(14)17)8-9-15(20)18-12-5-3-6-13(10-12)19(21)22/h2-7,10H,8-9H2,1H3,(H,18,20). The molecule has 0 aromatic heterocycles. The van der Waals surface area contributed by atoms with Crippen molar-refractivity contribution >= 4 is 28.9 Å². The van der Waals surface area contributed by atoms with Crippen molar-refractivity contribution in [2.45, 2.75) is 12.8 Å². The van der Waals surface area contributed by atoms with Gasteiger partial charge in [0.25, 0.3) is 5.69 Å². The maximum Gasteiger partial charge on any atom is 0.271 e. The molecule has 2 rings (SSSR count). The molecule has 0 bridgehead atoms. The normalized spacial score (nSPS) is 10.2. The molecule has 0 saturated carbocycles. The number of carbonyl (C=O) groups is 1. The minimum absolute atomic E-state index is 0.0707. The maximum atomic E-state index is 12.0. The monoisotopic (exact) mass is 334 g/mol. The highest BCUT2D eigenvalue weighted by Gasteiger charge is 2.11. The van der Waals surface area contributed by atoms with Crippen LogP contribution in [0.5, 0.6) is 5.75 Å². The van der Waals surface area contributed by atoms with Gasteiger partial charge in [0.2, 0.25) is 5.91 Å². The summed E-state index contributed by atoms with van der Waals surface area (Å²) in [6.07, 6.45) is 0.645. The van der Waals surface area contributed by atoms with Crippen LogP contribution in [-0.4, -0.2) is 17.9 Å². The lowest BCUT2D eigenvalue weighted by atomic mass is 10.1. The summed E-state index contributed by atoms with van der Waals surface area (Å²) in [7, 11) is 1.53. The largest absolute Gasteiger partial charge is 0.495 e. The number of non-ortho nitro benzene ring substituents is 1. The van der Waals surface area contributed by atoms with Crippen molar-refractivity contribution in [2.24, 2.45) is 0 Å². The van der Waals surface area contributed by atoms with Crippen molar-refractivity contribution in [3.05, 3.63) is 63.2 Å². The van der Waals surface area contributed by atoms with E-state index in [9.17, 15) is 14.9 Å². The van der Waals surface area contributed by atoms with Gasteiger partial charge in [-0.25, -0.2) is 0 Å². The zero-order valence-corrected chi connectivity index (χ0v) is 13.2. The maximum absolute atomic E-state index is 12.0. The molecule has 120 valence electrons. The summed E-state index contributed by atoms with van der Waals surface area (Å²) >= 11 is 6.18. The molecule has 0 aliphatic rings. The molecule has 0 unspecified atom stereocenters. The number of methoxy groups -OCH3 is 1. The lowest BCUT2D eigenvalue weighted by molar-refractivity contribution is -0.384. The number of hydrogen-bond donors (Lipinski definition) is 1. The Labute approximate surface area is 138 Å². The lowest BCUT2D eigenvalue weighted by Crippen LogP contribution is -2.12. The van der Waals surface area contributed by atoms with Gasteiger partial charge >= 0.3 is 0 Å². The minimum atomic E-state index is -0.508. The van der Waals surface area contributed by atoms with E-state index in [0.717, 1.165) is 5.56 Å². The first kappa shape index (κ1) is 16.8. The molecule has 0 heterocycles. The Morgan fingerprint density at radius 2 is 2.04 bits per heavy atom. The second-order valence-electron chi connectivity index (χ2n) is 4.79. The number of nitro benzene ring substituents is 1. The second kappa shape index (κ2) is 7.60. The van der Waals surface area contributed by atoms with Gasteiger partial charge in [-0.2, -0.15) is 0 Å². The van der Waals surface area contributed by atoms with E-state index in [0.29, 0.717) is 22.9 Å². The summed E-state index contributed by atoms with van der Waals surface area (Å²) in [6.45, 7) is 0. The number of anilines is 1. The number of benzene rings is 2. The summed E-state index contributed by atoms with van der Waals surface area (Å²) in [6, 6.07) is 11.2. The molecule has 1 amide bonds.